The van der Waals surface area contributed by atoms with E-state index in [1.807, 2.05) is 6.07 Å². The van der Waals surface area contributed by atoms with Crippen LogP contribution < -0.4 is 14.7 Å². The number of nitrogens with zero attached hydrogens (tertiary/aromatic N) is 3. The first-order chi connectivity index (χ1) is 12.1. The topological polar surface area (TPSA) is 47.0 Å². The number of hydrogen-bond acceptors (Lipinski definition) is 4. The number of rotatable bonds is 4. The molecule has 26 heavy (non-hydrogen) atoms. The van der Waals surface area contributed by atoms with Gasteiger partial charge in [-0.3, -0.25) is 4.79 Å². The molecule has 0 fully saturated rings. The zero-order valence-electron chi connectivity index (χ0n) is 15.7. The number of hydrogen-bond donors (Lipinski definition) is 1. The van der Waals surface area contributed by atoms with E-state index in [4.69, 9.17) is 9.90 Å². The van der Waals surface area contributed by atoms with Crippen molar-refractivity contribution in [1.29, 1.82) is 0 Å². The van der Waals surface area contributed by atoms with Gasteiger partial charge in [0.05, 0.1) is 0 Å². The fourth-order valence-electron chi connectivity index (χ4n) is 3.41. The molecule has 1 atom stereocenters. The Morgan fingerprint density at radius 2 is 1.62 bits per heavy atom. The zero-order valence-corrected chi connectivity index (χ0v) is 18.2. The summed E-state index contributed by atoms with van der Waals surface area (Å²) in [5.41, 5.74) is 5.11. The van der Waals surface area contributed by atoms with Gasteiger partial charge in [-0.25, -0.2) is 0 Å². The molecule has 5 nitrogen and oxygen atoms in total. The van der Waals surface area contributed by atoms with Gasteiger partial charge in [0.1, 0.15) is 6.17 Å². The molecule has 0 amide bonds. The fraction of sp³-hybridized carbons (Fsp3) is 0.350. The maximum absolute atomic E-state index is 8.36. The van der Waals surface area contributed by atoms with Crippen LogP contribution in [0.4, 0.5) is 17.1 Å². The van der Waals surface area contributed by atoms with Crippen LogP contribution in [0.1, 0.15) is 25.6 Å². The first kappa shape index (κ1) is 22.0. The molecule has 0 aromatic heterocycles. The summed E-state index contributed by atoms with van der Waals surface area (Å²) in [7, 11) is 4.31. The SMILES string of the molecule is CCN(CC)c1ccc(C2N(C)c3c[c-]ccc3N2C)cc1.O=CO.[Os+]. The molecule has 6 heteroatoms. The summed E-state index contributed by atoms with van der Waals surface area (Å²) < 4.78 is 0. The summed E-state index contributed by atoms with van der Waals surface area (Å²) in [6.45, 7) is 6.23. The van der Waals surface area contributed by atoms with E-state index in [0.29, 0.717) is 0 Å². The zero-order chi connectivity index (χ0) is 18.4. The smallest absolute Gasteiger partial charge is 0.483 e. The van der Waals surface area contributed by atoms with E-state index in [2.05, 4.69) is 85.1 Å². The molecule has 1 heterocycles. The van der Waals surface area contributed by atoms with E-state index in [1.54, 1.807) is 0 Å². The Balaban J connectivity index is 0.000000791. The van der Waals surface area contributed by atoms with Gasteiger partial charge in [-0.1, -0.05) is 12.1 Å². The van der Waals surface area contributed by atoms with Crippen molar-refractivity contribution in [1.82, 2.24) is 0 Å². The molecule has 0 saturated heterocycles. The van der Waals surface area contributed by atoms with Crippen LogP contribution in [0.25, 0.3) is 0 Å². The van der Waals surface area contributed by atoms with Gasteiger partial charge in [0, 0.05) is 25.8 Å². The minimum absolute atomic E-state index is 0. The maximum Gasteiger partial charge on any atom is 1.00 e. The van der Waals surface area contributed by atoms with Gasteiger partial charge < -0.3 is 19.8 Å². The minimum atomic E-state index is -0.250. The maximum atomic E-state index is 8.36. The van der Waals surface area contributed by atoms with Crippen molar-refractivity contribution in [2.24, 2.45) is 0 Å². The summed E-state index contributed by atoms with van der Waals surface area (Å²) in [6, 6.07) is 18.3. The normalized spacial score (nSPS) is 14.7. The monoisotopic (exact) mass is 532 g/mol. The summed E-state index contributed by atoms with van der Waals surface area (Å²) in [5, 5.41) is 6.89. The standard InChI is InChI=1S/C19H24N3.CH2O2.Os/c1-5-22(6-2)16-13-11-15(12-14-16)19-20(3)17-9-7-8-10-18(17)21(19)4;2-1-3;/h7,9-14,19H,5-6H2,1-4H3;1H,(H,2,3);/q-1;;+1. The van der Waals surface area contributed by atoms with E-state index in [1.165, 1.54) is 22.6 Å². The number of anilines is 3. The molecule has 3 rings (SSSR count). The third kappa shape index (κ3) is 4.37. The van der Waals surface area contributed by atoms with Crippen LogP contribution in [0.3, 0.4) is 0 Å². The molecule has 141 valence electrons. The molecule has 2 aromatic carbocycles. The molecule has 2 aromatic rings. The van der Waals surface area contributed by atoms with Crippen LogP contribution in [-0.4, -0.2) is 38.8 Å². The molecular weight excluding hydrogens is 504 g/mol. The quantitative estimate of drug-likeness (QED) is 0.484. The van der Waals surface area contributed by atoms with Crippen molar-refractivity contribution in [2.45, 2.75) is 20.0 Å². The number of carbonyl (C=O) groups is 1. The Morgan fingerprint density at radius 1 is 1.08 bits per heavy atom. The molecular formula is C20H26N3O2Os. The predicted molar refractivity (Wildman–Crippen MR) is 104 cm³/mol. The molecule has 1 unspecified atom stereocenters. The van der Waals surface area contributed by atoms with E-state index in [9.17, 15) is 0 Å². The van der Waals surface area contributed by atoms with Crippen LogP contribution in [0.5, 0.6) is 0 Å². The Morgan fingerprint density at radius 3 is 2.12 bits per heavy atom. The van der Waals surface area contributed by atoms with Gasteiger partial charge >= 0.3 is 19.8 Å². The molecule has 1 aliphatic rings. The first-order valence-electron chi connectivity index (χ1n) is 8.47. The van der Waals surface area contributed by atoms with Gasteiger partial charge in [0.2, 0.25) is 0 Å². The van der Waals surface area contributed by atoms with Gasteiger partial charge in [0.15, 0.2) is 0 Å². The minimum Gasteiger partial charge on any atom is -0.483 e. The Kier molecular flexibility index (Phi) is 8.61. The van der Waals surface area contributed by atoms with E-state index >= 15 is 0 Å². The molecule has 1 N–H and O–H groups in total. The summed E-state index contributed by atoms with van der Waals surface area (Å²) >= 11 is 0. The Labute approximate surface area is 169 Å². The van der Waals surface area contributed by atoms with E-state index < -0.39 is 0 Å². The summed E-state index contributed by atoms with van der Waals surface area (Å²) in [4.78, 5) is 15.4. The number of carboxylic acid groups (broad SMARTS) is 1. The first-order valence-corrected chi connectivity index (χ1v) is 8.47. The second-order valence-electron chi connectivity index (χ2n) is 5.88. The van der Waals surface area contributed by atoms with Crippen molar-refractivity contribution in [2.75, 3.05) is 41.9 Å². The van der Waals surface area contributed by atoms with E-state index in [0.717, 1.165) is 13.1 Å². The van der Waals surface area contributed by atoms with Crippen LogP contribution in [-0.2, 0) is 24.6 Å². The average molecular weight is 531 g/mol. The molecule has 0 spiro atoms. The van der Waals surface area contributed by atoms with Gasteiger partial charge in [-0.2, -0.15) is 18.2 Å². The third-order valence-electron chi connectivity index (χ3n) is 4.63. The van der Waals surface area contributed by atoms with Crippen molar-refractivity contribution in [3.8, 4) is 0 Å². The van der Waals surface area contributed by atoms with Crippen LogP contribution in [0, 0.1) is 6.07 Å². The Hall–Kier alpha value is -2.05. The molecule has 1 radical (unpaired) electrons. The largest absolute Gasteiger partial charge is 1.00 e. The third-order valence-corrected chi connectivity index (χ3v) is 4.63. The van der Waals surface area contributed by atoms with Gasteiger partial charge in [-0.05, 0) is 50.0 Å². The summed E-state index contributed by atoms with van der Waals surface area (Å²) in [6.07, 6.45) is 0.247. The van der Waals surface area contributed by atoms with Crippen molar-refractivity contribution in [3.05, 3.63) is 54.1 Å². The van der Waals surface area contributed by atoms with Gasteiger partial charge in [0.25, 0.3) is 6.47 Å². The molecule has 0 bridgehead atoms. The predicted octanol–water partition coefficient (Wildman–Crippen LogP) is 3.62. The fourth-order valence-corrected chi connectivity index (χ4v) is 3.41. The van der Waals surface area contributed by atoms with E-state index in [-0.39, 0.29) is 32.4 Å². The van der Waals surface area contributed by atoms with Crippen LogP contribution >= 0.6 is 0 Å². The Bertz CT molecular complexity index is 661. The summed E-state index contributed by atoms with van der Waals surface area (Å²) in [5.74, 6) is 0. The molecule has 1 aliphatic heterocycles. The average Bonchev–Trinajstić information content (AvgIpc) is 2.89. The van der Waals surface area contributed by atoms with Crippen molar-refractivity contribution < 1.29 is 29.7 Å². The second-order valence-corrected chi connectivity index (χ2v) is 5.88. The van der Waals surface area contributed by atoms with Crippen molar-refractivity contribution >= 4 is 23.5 Å². The van der Waals surface area contributed by atoms with Crippen LogP contribution in [0.15, 0.2) is 42.5 Å². The molecule has 0 aliphatic carbocycles. The van der Waals surface area contributed by atoms with Crippen LogP contribution in [0.2, 0.25) is 0 Å². The number of benzene rings is 2. The second kappa shape index (κ2) is 10.2. The van der Waals surface area contributed by atoms with Gasteiger partial charge in [-0.15, -0.1) is 6.07 Å². The van der Waals surface area contributed by atoms with Crippen molar-refractivity contribution in [3.63, 3.8) is 0 Å². The molecule has 0 saturated carbocycles. The number of fused-ring (bicyclic) bond motifs is 1.